The molecule has 0 bridgehead atoms. The van der Waals surface area contributed by atoms with E-state index in [1.807, 2.05) is 38.1 Å². The number of ether oxygens (including phenoxy) is 2. The average Bonchev–Trinajstić information content (AvgIpc) is 2.65. The molecule has 2 aromatic rings. The summed E-state index contributed by atoms with van der Waals surface area (Å²) in [4.78, 5) is 12.8. The summed E-state index contributed by atoms with van der Waals surface area (Å²) < 4.78 is 37.0. The Morgan fingerprint density at radius 3 is 2.47 bits per heavy atom. The van der Waals surface area contributed by atoms with Crippen LogP contribution < -0.4 is 19.1 Å². The maximum atomic E-state index is 12.8. The van der Waals surface area contributed by atoms with Crippen molar-refractivity contribution in [3.63, 3.8) is 0 Å². The van der Waals surface area contributed by atoms with Gasteiger partial charge in [0.1, 0.15) is 17.5 Å². The van der Waals surface area contributed by atoms with Gasteiger partial charge >= 0.3 is 0 Å². The van der Waals surface area contributed by atoms with Crippen molar-refractivity contribution in [3.8, 4) is 11.5 Å². The molecule has 30 heavy (non-hydrogen) atoms. The molecule has 1 amide bonds. The molecule has 9 heteroatoms. The lowest BCUT2D eigenvalue weighted by molar-refractivity contribution is -0.122. The van der Waals surface area contributed by atoms with Gasteiger partial charge in [0, 0.05) is 11.6 Å². The minimum atomic E-state index is -3.80. The lowest BCUT2D eigenvalue weighted by Gasteiger charge is -2.29. The van der Waals surface area contributed by atoms with Crippen LogP contribution in [0, 0.1) is 0 Å². The number of sulfonamides is 1. The number of nitrogens with zero attached hydrogens (tertiary/aromatic N) is 1. The third-order valence-corrected chi connectivity index (χ3v) is 5.67. The first-order valence-electron chi connectivity index (χ1n) is 9.39. The van der Waals surface area contributed by atoms with E-state index in [4.69, 9.17) is 21.1 Å². The Morgan fingerprint density at radius 2 is 1.87 bits per heavy atom. The van der Waals surface area contributed by atoms with Gasteiger partial charge in [0.05, 0.1) is 25.2 Å². The topological polar surface area (TPSA) is 84.9 Å². The quantitative estimate of drug-likeness (QED) is 0.625. The Hall–Kier alpha value is -2.45. The van der Waals surface area contributed by atoms with Crippen molar-refractivity contribution in [2.24, 2.45) is 0 Å². The molecule has 0 fully saturated rings. The number of carbonyl (C=O) groups excluding carboxylic acids is 1. The van der Waals surface area contributed by atoms with Crippen LogP contribution in [0.4, 0.5) is 5.69 Å². The third-order valence-electron chi connectivity index (χ3n) is 4.20. The van der Waals surface area contributed by atoms with E-state index >= 15 is 0 Å². The number of rotatable bonds is 9. The van der Waals surface area contributed by atoms with E-state index in [1.165, 1.54) is 20.1 Å². The fraction of sp³-hybridized carbons (Fsp3) is 0.381. The molecule has 0 aliphatic rings. The first kappa shape index (κ1) is 23.8. The summed E-state index contributed by atoms with van der Waals surface area (Å²) in [7, 11) is -2.38. The van der Waals surface area contributed by atoms with Gasteiger partial charge in [0.25, 0.3) is 0 Å². The number of carbonyl (C=O) groups is 1. The maximum Gasteiger partial charge on any atom is 0.243 e. The number of amides is 1. The molecule has 0 aromatic heterocycles. The van der Waals surface area contributed by atoms with Crippen LogP contribution >= 0.6 is 11.6 Å². The number of halogens is 1. The number of methoxy groups -OCH3 is 1. The SMILES string of the molecule is COc1ccc(Cl)cc1N(C(C)C(=O)NCc1cccc(OC(C)C)c1)S(C)(=O)=O. The third kappa shape index (κ3) is 6.27. The van der Waals surface area contributed by atoms with Crippen molar-refractivity contribution in [2.45, 2.75) is 39.5 Å². The first-order chi connectivity index (χ1) is 14.0. The fourth-order valence-electron chi connectivity index (χ4n) is 2.95. The molecule has 0 aliphatic heterocycles. The highest BCUT2D eigenvalue weighted by Crippen LogP contribution is 2.34. The predicted octanol–water partition coefficient (Wildman–Crippen LogP) is 3.61. The first-order valence-corrected chi connectivity index (χ1v) is 11.6. The van der Waals surface area contributed by atoms with Gasteiger partial charge < -0.3 is 14.8 Å². The summed E-state index contributed by atoms with van der Waals surface area (Å²) in [5.41, 5.74) is 1.03. The Morgan fingerprint density at radius 1 is 1.17 bits per heavy atom. The van der Waals surface area contributed by atoms with Crippen molar-refractivity contribution < 1.29 is 22.7 Å². The normalized spacial score (nSPS) is 12.4. The minimum absolute atomic E-state index is 0.0332. The van der Waals surface area contributed by atoms with Crippen LogP contribution in [0.25, 0.3) is 0 Å². The van der Waals surface area contributed by atoms with Gasteiger partial charge in [-0.15, -0.1) is 0 Å². The Balaban J connectivity index is 2.22. The van der Waals surface area contributed by atoms with Gasteiger partial charge in [0.15, 0.2) is 0 Å². The van der Waals surface area contributed by atoms with E-state index in [0.29, 0.717) is 16.5 Å². The second-order valence-electron chi connectivity index (χ2n) is 7.08. The maximum absolute atomic E-state index is 12.8. The predicted molar refractivity (Wildman–Crippen MR) is 119 cm³/mol. The average molecular weight is 455 g/mol. The zero-order valence-corrected chi connectivity index (χ0v) is 19.3. The summed E-state index contributed by atoms with van der Waals surface area (Å²) in [5.74, 6) is 0.534. The zero-order valence-electron chi connectivity index (χ0n) is 17.7. The van der Waals surface area contributed by atoms with E-state index in [0.717, 1.165) is 16.1 Å². The molecule has 0 saturated heterocycles. The molecular weight excluding hydrogens is 428 g/mol. The number of benzene rings is 2. The summed E-state index contributed by atoms with van der Waals surface area (Å²) in [6.45, 7) is 5.60. The van der Waals surface area contributed by atoms with E-state index < -0.39 is 22.0 Å². The second kappa shape index (κ2) is 10.0. The Bertz CT molecular complexity index is 995. The highest BCUT2D eigenvalue weighted by atomic mass is 35.5. The molecule has 2 rings (SSSR count). The molecule has 1 atom stereocenters. The molecule has 0 spiro atoms. The Labute approximate surface area is 183 Å². The molecule has 1 N–H and O–H groups in total. The number of nitrogens with one attached hydrogen (secondary N) is 1. The van der Waals surface area contributed by atoms with Crippen molar-refractivity contribution in [2.75, 3.05) is 17.7 Å². The lowest BCUT2D eigenvalue weighted by Crippen LogP contribution is -2.47. The highest BCUT2D eigenvalue weighted by molar-refractivity contribution is 7.92. The van der Waals surface area contributed by atoms with E-state index in [9.17, 15) is 13.2 Å². The van der Waals surface area contributed by atoms with Crippen molar-refractivity contribution >= 4 is 33.2 Å². The van der Waals surface area contributed by atoms with Crippen LogP contribution in [0.1, 0.15) is 26.3 Å². The molecule has 0 saturated carbocycles. The molecule has 0 radical (unpaired) electrons. The number of hydrogen-bond acceptors (Lipinski definition) is 5. The molecule has 164 valence electrons. The van der Waals surface area contributed by atoms with Gasteiger partial charge in [-0.25, -0.2) is 8.42 Å². The second-order valence-corrected chi connectivity index (χ2v) is 9.38. The molecular formula is C21H27ClN2O5S. The van der Waals surface area contributed by atoms with Crippen molar-refractivity contribution in [1.82, 2.24) is 5.32 Å². The van der Waals surface area contributed by atoms with Crippen molar-refractivity contribution in [1.29, 1.82) is 0 Å². The number of anilines is 1. The molecule has 1 unspecified atom stereocenters. The van der Waals surface area contributed by atoms with Crippen LogP contribution in [-0.2, 0) is 21.4 Å². The minimum Gasteiger partial charge on any atom is -0.495 e. The molecule has 7 nitrogen and oxygen atoms in total. The van der Waals surface area contributed by atoms with Crippen LogP contribution in [0.3, 0.4) is 0 Å². The summed E-state index contributed by atoms with van der Waals surface area (Å²) in [6.07, 6.45) is 1.06. The van der Waals surface area contributed by atoms with Crippen LogP contribution in [0.15, 0.2) is 42.5 Å². The smallest absolute Gasteiger partial charge is 0.243 e. The summed E-state index contributed by atoms with van der Waals surface area (Å²) >= 11 is 6.05. The fourth-order valence-corrected chi connectivity index (χ4v) is 4.29. The molecule has 0 aliphatic carbocycles. The van der Waals surface area contributed by atoms with Gasteiger partial charge in [-0.1, -0.05) is 23.7 Å². The van der Waals surface area contributed by atoms with Gasteiger partial charge in [-0.3, -0.25) is 9.10 Å². The molecule has 2 aromatic carbocycles. The summed E-state index contributed by atoms with van der Waals surface area (Å²) in [5, 5.41) is 3.11. The molecule has 0 heterocycles. The number of hydrogen-bond donors (Lipinski definition) is 1. The van der Waals surface area contributed by atoms with Crippen LogP contribution in [0.2, 0.25) is 5.02 Å². The Kier molecular flexibility index (Phi) is 7.97. The van der Waals surface area contributed by atoms with E-state index in [2.05, 4.69) is 5.32 Å². The monoisotopic (exact) mass is 454 g/mol. The highest BCUT2D eigenvalue weighted by Gasteiger charge is 2.31. The van der Waals surface area contributed by atoms with E-state index in [-0.39, 0.29) is 18.3 Å². The largest absolute Gasteiger partial charge is 0.495 e. The van der Waals surface area contributed by atoms with Gasteiger partial charge in [-0.05, 0) is 56.7 Å². The van der Waals surface area contributed by atoms with Gasteiger partial charge in [-0.2, -0.15) is 0 Å². The zero-order chi connectivity index (χ0) is 22.5. The van der Waals surface area contributed by atoms with Crippen molar-refractivity contribution in [3.05, 3.63) is 53.1 Å². The summed E-state index contributed by atoms with van der Waals surface area (Å²) in [6, 6.07) is 10.9. The standard InChI is InChI=1S/C21H27ClN2O5S/c1-14(2)29-18-8-6-7-16(11-18)13-23-21(25)15(3)24(30(5,26)27)19-12-17(22)9-10-20(19)28-4/h6-12,14-15H,13H2,1-5H3,(H,23,25). The lowest BCUT2D eigenvalue weighted by atomic mass is 10.2. The van der Waals surface area contributed by atoms with Gasteiger partial charge in [0.2, 0.25) is 15.9 Å². The van der Waals surface area contributed by atoms with E-state index in [1.54, 1.807) is 12.1 Å². The van der Waals surface area contributed by atoms with Crippen LogP contribution in [-0.4, -0.2) is 39.8 Å². The van der Waals surface area contributed by atoms with Crippen LogP contribution in [0.5, 0.6) is 11.5 Å².